The van der Waals surface area contributed by atoms with Crippen molar-refractivity contribution in [3.8, 4) is 11.5 Å². The molecular formula is C18H24N2O2. The van der Waals surface area contributed by atoms with Crippen LogP contribution in [0.25, 0.3) is 11.5 Å². The third-order valence-electron chi connectivity index (χ3n) is 4.44. The van der Waals surface area contributed by atoms with Crippen molar-refractivity contribution in [2.75, 3.05) is 20.2 Å². The molecule has 22 heavy (non-hydrogen) atoms. The maximum atomic E-state index is 5.91. The molecule has 1 saturated heterocycles. The number of aryl methyl sites for hydroxylation is 2. The van der Waals surface area contributed by atoms with Gasteiger partial charge in [0.05, 0.1) is 11.8 Å². The summed E-state index contributed by atoms with van der Waals surface area (Å²) in [5.74, 6) is 1.64. The lowest BCUT2D eigenvalue weighted by atomic mass is 10.1. The second kappa shape index (κ2) is 6.63. The Balaban J connectivity index is 1.77. The molecule has 0 saturated carbocycles. The molecule has 2 heterocycles. The zero-order valence-electron chi connectivity index (χ0n) is 13.6. The van der Waals surface area contributed by atoms with E-state index in [1.54, 1.807) is 7.11 Å². The maximum Gasteiger partial charge on any atom is 0.226 e. The van der Waals surface area contributed by atoms with E-state index in [4.69, 9.17) is 14.1 Å². The average Bonchev–Trinajstić information content (AvgIpc) is 2.89. The van der Waals surface area contributed by atoms with Gasteiger partial charge in [0.25, 0.3) is 0 Å². The molecule has 1 aliphatic rings. The van der Waals surface area contributed by atoms with Gasteiger partial charge in [-0.15, -0.1) is 0 Å². The molecule has 4 heteroatoms. The summed E-state index contributed by atoms with van der Waals surface area (Å²) in [6.45, 7) is 7.00. The first-order valence-electron chi connectivity index (χ1n) is 7.95. The van der Waals surface area contributed by atoms with Crippen LogP contribution in [0.2, 0.25) is 0 Å². The second-order valence-corrected chi connectivity index (χ2v) is 6.07. The summed E-state index contributed by atoms with van der Waals surface area (Å²) in [5, 5.41) is 0. The largest absolute Gasteiger partial charge is 0.441 e. The van der Waals surface area contributed by atoms with Crippen molar-refractivity contribution in [1.82, 2.24) is 9.88 Å². The molecule has 1 atom stereocenters. The number of piperidine rings is 1. The predicted octanol–water partition coefficient (Wildman–Crippen LogP) is 3.57. The molecule has 0 spiro atoms. The monoisotopic (exact) mass is 300 g/mol. The molecule has 0 bridgehead atoms. The predicted molar refractivity (Wildman–Crippen MR) is 86.7 cm³/mol. The number of likely N-dealkylation sites (tertiary alicyclic amines) is 1. The molecule has 0 N–H and O–H groups in total. The molecule has 0 aliphatic carbocycles. The molecular weight excluding hydrogens is 276 g/mol. The molecule has 0 amide bonds. The molecule has 1 aromatic heterocycles. The lowest BCUT2D eigenvalue weighted by Gasteiger charge is -2.31. The number of aromatic nitrogens is 1. The van der Waals surface area contributed by atoms with Crippen LogP contribution in [0.15, 0.2) is 28.7 Å². The Bertz CT molecular complexity index is 636. The van der Waals surface area contributed by atoms with Gasteiger partial charge in [0, 0.05) is 25.8 Å². The van der Waals surface area contributed by atoms with Gasteiger partial charge in [-0.3, -0.25) is 4.90 Å². The topological polar surface area (TPSA) is 38.5 Å². The van der Waals surface area contributed by atoms with Crippen molar-refractivity contribution in [3.63, 3.8) is 0 Å². The smallest absolute Gasteiger partial charge is 0.226 e. The van der Waals surface area contributed by atoms with Gasteiger partial charge in [-0.1, -0.05) is 18.2 Å². The van der Waals surface area contributed by atoms with E-state index in [1.165, 1.54) is 12.0 Å². The fraction of sp³-hybridized carbons (Fsp3) is 0.500. The van der Waals surface area contributed by atoms with Gasteiger partial charge in [-0.2, -0.15) is 0 Å². The second-order valence-electron chi connectivity index (χ2n) is 6.07. The Morgan fingerprint density at radius 2 is 2.14 bits per heavy atom. The number of oxazole rings is 1. The summed E-state index contributed by atoms with van der Waals surface area (Å²) in [6.07, 6.45) is 2.68. The van der Waals surface area contributed by atoms with E-state index in [2.05, 4.69) is 24.0 Å². The fourth-order valence-corrected chi connectivity index (χ4v) is 3.06. The van der Waals surface area contributed by atoms with Gasteiger partial charge in [-0.05, 0) is 44.9 Å². The van der Waals surface area contributed by atoms with Crippen LogP contribution in [0.1, 0.15) is 29.9 Å². The average molecular weight is 300 g/mol. The Morgan fingerprint density at radius 3 is 2.91 bits per heavy atom. The highest BCUT2D eigenvalue weighted by molar-refractivity contribution is 5.58. The molecule has 118 valence electrons. The van der Waals surface area contributed by atoms with Crippen LogP contribution < -0.4 is 0 Å². The van der Waals surface area contributed by atoms with Crippen molar-refractivity contribution in [3.05, 3.63) is 41.3 Å². The van der Waals surface area contributed by atoms with E-state index in [-0.39, 0.29) is 0 Å². The van der Waals surface area contributed by atoms with Gasteiger partial charge in [0.1, 0.15) is 5.76 Å². The molecule has 1 aliphatic heterocycles. The number of rotatable bonds is 4. The molecule has 2 aromatic rings. The van der Waals surface area contributed by atoms with E-state index in [1.807, 2.05) is 19.1 Å². The van der Waals surface area contributed by atoms with Gasteiger partial charge < -0.3 is 9.15 Å². The van der Waals surface area contributed by atoms with Gasteiger partial charge >= 0.3 is 0 Å². The molecule has 0 radical (unpaired) electrons. The van der Waals surface area contributed by atoms with E-state index < -0.39 is 0 Å². The SMILES string of the molecule is COC1CCCN(Cc2nc(-c3ccccc3C)oc2C)C1. The third-order valence-corrected chi connectivity index (χ3v) is 4.44. The lowest BCUT2D eigenvalue weighted by molar-refractivity contribution is 0.0280. The highest BCUT2D eigenvalue weighted by Crippen LogP contribution is 2.26. The van der Waals surface area contributed by atoms with Gasteiger partial charge in [-0.25, -0.2) is 4.98 Å². The van der Waals surface area contributed by atoms with E-state index in [0.717, 1.165) is 49.0 Å². The molecule has 1 unspecified atom stereocenters. The number of ether oxygens (including phenoxy) is 1. The van der Waals surface area contributed by atoms with Crippen LogP contribution in [0, 0.1) is 13.8 Å². The summed E-state index contributed by atoms with van der Waals surface area (Å²) in [5.41, 5.74) is 3.30. The number of nitrogens with zero attached hydrogens (tertiary/aromatic N) is 2. The van der Waals surface area contributed by atoms with Crippen LogP contribution in [-0.2, 0) is 11.3 Å². The quantitative estimate of drug-likeness (QED) is 0.865. The summed E-state index contributed by atoms with van der Waals surface area (Å²) < 4.78 is 11.4. The molecule has 3 rings (SSSR count). The fourth-order valence-electron chi connectivity index (χ4n) is 3.06. The van der Waals surface area contributed by atoms with Crippen molar-refractivity contribution in [2.24, 2.45) is 0 Å². The standard InChI is InChI=1S/C18H24N2O2/c1-13-7-4-5-9-16(13)18-19-17(14(2)22-18)12-20-10-6-8-15(11-20)21-3/h4-5,7,9,15H,6,8,10-12H2,1-3H3. The summed E-state index contributed by atoms with van der Waals surface area (Å²) in [4.78, 5) is 7.14. The Labute approximate surface area is 132 Å². The zero-order chi connectivity index (χ0) is 15.5. The van der Waals surface area contributed by atoms with Crippen LogP contribution in [-0.4, -0.2) is 36.2 Å². The van der Waals surface area contributed by atoms with Gasteiger partial charge in [0.2, 0.25) is 5.89 Å². The lowest BCUT2D eigenvalue weighted by Crippen LogP contribution is -2.38. The highest BCUT2D eigenvalue weighted by Gasteiger charge is 2.22. The van der Waals surface area contributed by atoms with Crippen molar-refractivity contribution >= 4 is 0 Å². The minimum absolute atomic E-state index is 0.344. The van der Waals surface area contributed by atoms with Crippen LogP contribution in [0.5, 0.6) is 0 Å². The number of hydrogen-bond donors (Lipinski definition) is 0. The summed E-state index contributed by atoms with van der Waals surface area (Å²) in [7, 11) is 1.80. The first-order valence-corrected chi connectivity index (χ1v) is 7.95. The number of benzene rings is 1. The normalized spacial score (nSPS) is 19.5. The van der Waals surface area contributed by atoms with Crippen molar-refractivity contribution < 1.29 is 9.15 Å². The first-order chi connectivity index (χ1) is 10.7. The Kier molecular flexibility index (Phi) is 4.60. The van der Waals surface area contributed by atoms with Gasteiger partial charge in [0.15, 0.2) is 0 Å². The van der Waals surface area contributed by atoms with E-state index >= 15 is 0 Å². The van der Waals surface area contributed by atoms with Crippen LogP contribution in [0.3, 0.4) is 0 Å². The maximum absolute atomic E-state index is 5.91. The Morgan fingerprint density at radius 1 is 1.32 bits per heavy atom. The zero-order valence-corrected chi connectivity index (χ0v) is 13.6. The van der Waals surface area contributed by atoms with Crippen LogP contribution >= 0.6 is 0 Å². The van der Waals surface area contributed by atoms with Crippen LogP contribution in [0.4, 0.5) is 0 Å². The Hall–Kier alpha value is -1.65. The summed E-state index contributed by atoms with van der Waals surface area (Å²) in [6, 6.07) is 8.21. The van der Waals surface area contributed by atoms with E-state index in [9.17, 15) is 0 Å². The number of hydrogen-bond acceptors (Lipinski definition) is 4. The molecule has 1 fully saturated rings. The minimum Gasteiger partial charge on any atom is -0.441 e. The van der Waals surface area contributed by atoms with E-state index in [0.29, 0.717) is 6.10 Å². The first kappa shape index (κ1) is 15.3. The molecule has 4 nitrogen and oxygen atoms in total. The molecule has 1 aromatic carbocycles. The summed E-state index contributed by atoms with van der Waals surface area (Å²) >= 11 is 0. The highest BCUT2D eigenvalue weighted by atomic mass is 16.5. The third kappa shape index (κ3) is 3.23. The van der Waals surface area contributed by atoms with Crippen molar-refractivity contribution in [2.45, 2.75) is 39.3 Å². The number of methoxy groups -OCH3 is 1. The minimum atomic E-state index is 0.344. The van der Waals surface area contributed by atoms with Crippen molar-refractivity contribution in [1.29, 1.82) is 0 Å².